The van der Waals surface area contributed by atoms with Crippen LogP contribution in [0.25, 0.3) is 11.0 Å². The van der Waals surface area contributed by atoms with Gasteiger partial charge in [0.1, 0.15) is 18.1 Å². The fraction of sp³-hybridized carbons (Fsp3) is 0.130. The number of para-hydroxylation sites is 2. The minimum atomic E-state index is -0.158. The second kappa shape index (κ2) is 8.78. The predicted molar refractivity (Wildman–Crippen MR) is 121 cm³/mol. The lowest BCUT2D eigenvalue weighted by atomic mass is 10.1. The zero-order chi connectivity index (χ0) is 21.1. The summed E-state index contributed by atoms with van der Waals surface area (Å²) in [5.41, 5.74) is 3.17. The topological polar surface area (TPSA) is 56.1 Å². The van der Waals surface area contributed by atoms with Gasteiger partial charge < -0.3 is 14.6 Å². The van der Waals surface area contributed by atoms with Crippen LogP contribution >= 0.6 is 23.2 Å². The van der Waals surface area contributed by atoms with Gasteiger partial charge in [0, 0.05) is 22.2 Å². The Bertz CT molecular complexity index is 1180. The highest BCUT2D eigenvalue weighted by molar-refractivity contribution is 6.36. The molecule has 1 heterocycles. The Morgan fingerprint density at radius 3 is 2.40 bits per heavy atom. The first kappa shape index (κ1) is 20.3. The van der Waals surface area contributed by atoms with Gasteiger partial charge in [-0.1, -0.05) is 41.4 Å². The highest BCUT2D eigenvalue weighted by atomic mass is 35.5. The lowest BCUT2D eigenvalue weighted by Gasteiger charge is -2.12. The van der Waals surface area contributed by atoms with E-state index in [1.54, 1.807) is 49.6 Å². The Kier molecular flexibility index (Phi) is 5.93. The first-order valence-electron chi connectivity index (χ1n) is 9.36. The standard InChI is InChI=1S/C23H19Cl2N3O2/c1-30-16-11-9-15(10-12-16)26-23(29)14-28-21-8-3-2-7-20(21)27-22(28)13-17-18(24)5-4-6-19(17)25/h2-12H,13-14H2,1H3,(H,26,29). The molecule has 0 radical (unpaired) electrons. The first-order valence-corrected chi connectivity index (χ1v) is 10.1. The molecule has 0 aliphatic carbocycles. The summed E-state index contributed by atoms with van der Waals surface area (Å²) in [4.78, 5) is 17.5. The van der Waals surface area contributed by atoms with E-state index in [0.717, 1.165) is 28.2 Å². The lowest BCUT2D eigenvalue weighted by molar-refractivity contribution is -0.116. The number of anilines is 1. The molecule has 1 amide bonds. The van der Waals surface area contributed by atoms with Crippen molar-refractivity contribution in [1.29, 1.82) is 0 Å². The van der Waals surface area contributed by atoms with Crippen LogP contribution in [0.15, 0.2) is 66.7 Å². The molecule has 4 aromatic rings. The smallest absolute Gasteiger partial charge is 0.244 e. The number of carbonyl (C=O) groups is 1. The molecule has 0 aliphatic heterocycles. The van der Waals surface area contributed by atoms with Crippen LogP contribution in [-0.4, -0.2) is 22.6 Å². The molecule has 1 N–H and O–H groups in total. The van der Waals surface area contributed by atoms with E-state index in [1.807, 2.05) is 28.8 Å². The van der Waals surface area contributed by atoms with Gasteiger partial charge >= 0.3 is 0 Å². The van der Waals surface area contributed by atoms with E-state index in [1.165, 1.54) is 0 Å². The van der Waals surface area contributed by atoms with E-state index in [9.17, 15) is 4.79 Å². The zero-order valence-corrected chi connectivity index (χ0v) is 17.7. The zero-order valence-electron chi connectivity index (χ0n) is 16.2. The minimum absolute atomic E-state index is 0.115. The SMILES string of the molecule is COc1ccc(NC(=O)Cn2c(Cc3c(Cl)cccc3Cl)nc3ccccc32)cc1. The molecule has 0 bridgehead atoms. The Balaban J connectivity index is 1.63. The Morgan fingerprint density at radius 1 is 1.00 bits per heavy atom. The minimum Gasteiger partial charge on any atom is -0.497 e. The molecule has 0 unspecified atom stereocenters. The van der Waals surface area contributed by atoms with E-state index in [-0.39, 0.29) is 12.5 Å². The number of hydrogen-bond acceptors (Lipinski definition) is 3. The van der Waals surface area contributed by atoms with Crippen LogP contribution in [0.1, 0.15) is 11.4 Å². The van der Waals surface area contributed by atoms with Crippen LogP contribution < -0.4 is 10.1 Å². The normalized spacial score (nSPS) is 10.9. The first-order chi connectivity index (χ1) is 14.5. The van der Waals surface area contributed by atoms with Gasteiger partial charge in [0.05, 0.1) is 18.1 Å². The number of methoxy groups -OCH3 is 1. The van der Waals surface area contributed by atoms with E-state index >= 15 is 0 Å². The third-order valence-electron chi connectivity index (χ3n) is 4.81. The van der Waals surface area contributed by atoms with Gasteiger partial charge in [-0.2, -0.15) is 0 Å². The summed E-state index contributed by atoms with van der Waals surface area (Å²) < 4.78 is 7.05. The molecule has 5 nitrogen and oxygen atoms in total. The maximum atomic E-state index is 12.8. The van der Waals surface area contributed by atoms with E-state index in [4.69, 9.17) is 32.9 Å². The van der Waals surface area contributed by atoms with Gasteiger partial charge in [-0.25, -0.2) is 4.98 Å². The van der Waals surface area contributed by atoms with Gasteiger partial charge in [0.25, 0.3) is 0 Å². The van der Waals surface area contributed by atoms with Gasteiger partial charge in [-0.3, -0.25) is 4.79 Å². The summed E-state index contributed by atoms with van der Waals surface area (Å²) in [6, 6.07) is 20.3. The van der Waals surface area contributed by atoms with Crippen LogP contribution in [0.3, 0.4) is 0 Å². The molecule has 4 rings (SSSR count). The van der Waals surface area contributed by atoms with Crippen LogP contribution in [0.2, 0.25) is 10.0 Å². The molecule has 0 aliphatic rings. The monoisotopic (exact) mass is 439 g/mol. The molecule has 0 fully saturated rings. The fourth-order valence-corrected chi connectivity index (χ4v) is 3.85. The van der Waals surface area contributed by atoms with Crippen molar-refractivity contribution in [1.82, 2.24) is 9.55 Å². The van der Waals surface area contributed by atoms with Crippen molar-refractivity contribution in [3.63, 3.8) is 0 Å². The molecule has 0 saturated heterocycles. The van der Waals surface area contributed by atoms with Gasteiger partial charge in [0.2, 0.25) is 5.91 Å². The molecule has 152 valence electrons. The summed E-state index contributed by atoms with van der Waals surface area (Å²) in [5.74, 6) is 1.29. The van der Waals surface area contributed by atoms with E-state index in [2.05, 4.69) is 5.32 Å². The quantitative estimate of drug-likeness (QED) is 0.426. The number of aromatic nitrogens is 2. The summed E-state index contributed by atoms with van der Waals surface area (Å²) in [6.45, 7) is 0.115. The van der Waals surface area contributed by atoms with Crippen molar-refractivity contribution >= 4 is 45.8 Å². The number of halogens is 2. The number of ether oxygens (including phenoxy) is 1. The van der Waals surface area contributed by atoms with Crippen molar-refractivity contribution in [2.45, 2.75) is 13.0 Å². The third-order valence-corrected chi connectivity index (χ3v) is 5.51. The van der Waals surface area contributed by atoms with E-state index < -0.39 is 0 Å². The predicted octanol–water partition coefficient (Wildman–Crippen LogP) is 5.58. The number of nitrogens with one attached hydrogen (secondary N) is 1. The molecule has 0 atom stereocenters. The van der Waals surface area contributed by atoms with E-state index in [0.29, 0.717) is 22.2 Å². The number of carbonyl (C=O) groups excluding carboxylic acids is 1. The summed E-state index contributed by atoms with van der Waals surface area (Å²) in [7, 11) is 1.60. The van der Waals surface area contributed by atoms with Gasteiger partial charge in [0.15, 0.2) is 0 Å². The average molecular weight is 440 g/mol. The number of amides is 1. The number of fused-ring (bicyclic) bond motifs is 1. The molecule has 3 aromatic carbocycles. The maximum absolute atomic E-state index is 12.8. The highest BCUT2D eigenvalue weighted by Crippen LogP contribution is 2.28. The van der Waals surface area contributed by atoms with Crippen LogP contribution in [0.5, 0.6) is 5.75 Å². The molecule has 1 aromatic heterocycles. The van der Waals surface area contributed by atoms with Crippen molar-refractivity contribution in [3.05, 3.63) is 88.2 Å². The highest BCUT2D eigenvalue weighted by Gasteiger charge is 2.16. The number of rotatable bonds is 6. The number of nitrogens with zero attached hydrogens (tertiary/aromatic N) is 2. The van der Waals surface area contributed by atoms with Crippen molar-refractivity contribution in [2.75, 3.05) is 12.4 Å². The summed E-state index contributed by atoms with van der Waals surface area (Å²) in [5, 5.41) is 4.06. The Morgan fingerprint density at radius 2 is 1.70 bits per heavy atom. The van der Waals surface area contributed by atoms with Crippen molar-refractivity contribution in [3.8, 4) is 5.75 Å². The third kappa shape index (κ3) is 4.27. The molecular weight excluding hydrogens is 421 g/mol. The second-order valence-corrected chi connectivity index (χ2v) is 7.57. The van der Waals surface area contributed by atoms with Gasteiger partial charge in [-0.15, -0.1) is 0 Å². The van der Waals surface area contributed by atoms with Crippen LogP contribution in [0, 0.1) is 0 Å². The van der Waals surface area contributed by atoms with Crippen molar-refractivity contribution < 1.29 is 9.53 Å². The number of benzene rings is 3. The van der Waals surface area contributed by atoms with Crippen molar-refractivity contribution in [2.24, 2.45) is 0 Å². The Hall–Kier alpha value is -3.02. The largest absolute Gasteiger partial charge is 0.497 e. The molecular formula is C23H19Cl2N3O2. The Labute approximate surface area is 184 Å². The second-order valence-electron chi connectivity index (χ2n) is 6.76. The maximum Gasteiger partial charge on any atom is 0.244 e. The van der Waals surface area contributed by atoms with Crippen LogP contribution in [0.4, 0.5) is 5.69 Å². The average Bonchev–Trinajstić information content (AvgIpc) is 3.08. The fourth-order valence-electron chi connectivity index (χ4n) is 3.31. The molecule has 0 spiro atoms. The number of hydrogen-bond donors (Lipinski definition) is 1. The van der Waals surface area contributed by atoms with Gasteiger partial charge in [-0.05, 0) is 54.1 Å². The number of imidazole rings is 1. The summed E-state index contributed by atoms with van der Waals surface area (Å²) in [6.07, 6.45) is 0.420. The molecule has 0 saturated carbocycles. The lowest BCUT2D eigenvalue weighted by Crippen LogP contribution is -2.20. The molecule has 7 heteroatoms. The summed E-state index contributed by atoms with van der Waals surface area (Å²) >= 11 is 12.7. The molecule has 30 heavy (non-hydrogen) atoms. The van der Waals surface area contributed by atoms with Crippen LogP contribution in [-0.2, 0) is 17.8 Å².